The summed E-state index contributed by atoms with van der Waals surface area (Å²) >= 11 is 1.37. The first kappa shape index (κ1) is 30.4. The number of carbonyl (C=O) groups excluding carboxylic acids is 3. The van der Waals surface area contributed by atoms with Crippen molar-refractivity contribution in [1.29, 1.82) is 0 Å². The minimum atomic E-state index is -0.603. The van der Waals surface area contributed by atoms with Gasteiger partial charge in [0.1, 0.15) is 11.1 Å². The molecule has 1 unspecified atom stereocenters. The van der Waals surface area contributed by atoms with Gasteiger partial charge in [0.25, 0.3) is 0 Å². The fraction of sp³-hybridized carbons (Fsp3) is 0.419. The number of hydrogen-bond acceptors (Lipinski definition) is 9. The molecule has 0 spiro atoms. The van der Waals surface area contributed by atoms with E-state index in [1.54, 1.807) is 21.7 Å². The van der Waals surface area contributed by atoms with E-state index in [0.29, 0.717) is 34.5 Å². The van der Waals surface area contributed by atoms with Crippen molar-refractivity contribution in [1.82, 2.24) is 29.7 Å². The number of ether oxygens (including phenoxy) is 1. The molecule has 1 aromatic carbocycles. The Bertz CT molecular complexity index is 1720. The Balaban J connectivity index is 1.18. The molecule has 236 valence electrons. The molecule has 0 radical (unpaired) electrons. The highest BCUT2D eigenvalue weighted by Gasteiger charge is 2.33. The highest BCUT2D eigenvalue weighted by molar-refractivity contribution is 7.99. The van der Waals surface area contributed by atoms with E-state index in [-0.39, 0.29) is 30.2 Å². The van der Waals surface area contributed by atoms with Gasteiger partial charge in [0.05, 0.1) is 11.9 Å². The van der Waals surface area contributed by atoms with E-state index in [1.165, 1.54) is 11.8 Å². The van der Waals surface area contributed by atoms with Crippen molar-refractivity contribution in [2.75, 3.05) is 22.5 Å². The molecule has 1 atom stereocenters. The smallest absolute Gasteiger partial charge is 0.410 e. The monoisotopic (exact) mass is 631 g/mol. The van der Waals surface area contributed by atoms with E-state index in [4.69, 9.17) is 14.8 Å². The Labute approximate surface area is 264 Å². The Morgan fingerprint density at radius 1 is 1.07 bits per heavy atom. The van der Waals surface area contributed by atoms with Gasteiger partial charge in [0.2, 0.25) is 17.0 Å². The van der Waals surface area contributed by atoms with Crippen LogP contribution in [0.25, 0.3) is 5.52 Å². The number of anilines is 4. The number of H-pyrrole nitrogens is 1. The number of nitrogens with zero attached hydrogens (tertiary/aromatic N) is 5. The third-order valence-electron chi connectivity index (χ3n) is 7.39. The first-order valence-corrected chi connectivity index (χ1v) is 15.9. The second-order valence-corrected chi connectivity index (χ2v) is 13.5. The van der Waals surface area contributed by atoms with Crippen molar-refractivity contribution in [3.63, 3.8) is 0 Å². The van der Waals surface area contributed by atoms with Crippen molar-refractivity contribution >= 4 is 58.2 Å². The van der Waals surface area contributed by atoms with Gasteiger partial charge >= 0.3 is 6.09 Å². The Hall–Kier alpha value is -4.59. The minimum absolute atomic E-state index is 0.0626. The summed E-state index contributed by atoms with van der Waals surface area (Å²) < 4.78 is 7.21. The largest absolute Gasteiger partial charge is 0.444 e. The lowest BCUT2D eigenvalue weighted by Gasteiger charge is -2.28. The predicted octanol–water partition coefficient (Wildman–Crippen LogP) is 5.73. The molecule has 1 saturated carbocycles. The molecule has 6 rings (SSSR count). The van der Waals surface area contributed by atoms with Gasteiger partial charge in [0.15, 0.2) is 11.6 Å². The number of amides is 3. The molecular weight excluding hydrogens is 594 g/mol. The van der Waals surface area contributed by atoms with Crippen LogP contribution in [0.2, 0.25) is 0 Å². The number of aromatic nitrogens is 5. The lowest BCUT2D eigenvalue weighted by molar-refractivity contribution is -0.118. The van der Waals surface area contributed by atoms with E-state index < -0.39 is 11.7 Å². The SMILES string of the molecule is Cc1cc(Nc2nc(Sc3ccc(NC(=O)C4CC4)cc3)nn3cc(NC(=O)CC4CCCN4C(=O)OC(C)(C)C)cc23)n[nH]1. The summed E-state index contributed by atoms with van der Waals surface area (Å²) in [7, 11) is 0. The third kappa shape index (κ3) is 7.74. The van der Waals surface area contributed by atoms with Gasteiger partial charge in [-0.15, -0.1) is 5.10 Å². The molecule has 4 N–H and O–H groups in total. The van der Waals surface area contributed by atoms with Gasteiger partial charge < -0.3 is 25.6 Å². The fourth-order valence-electron chi connectivity index (χ4n) is 5.12. The number of benzene rings is 1. The third-order valence-corrected chi connectivity index (χ3v) is 8.25. The zero-order chi connectivity index (χ0) is 31.7. The molecule has 14 heteroatoms. The normalized spacial score (nSPS) is 16.5. The second kappa shape index (κ2) is 12.4. The van der Waals surface area contributed by atoms with E-state index in [0.717, 1.165) is 42.0 Å². The predicted molar refractivity (Wildman–Crippen MR) is 171 cm³/mol. The molecule has 1 aliphatic carbocycles. The van der Waals surface area contributed by atoms with Gasteiger partial charge in [-0.25, -0.2) is 14.3 Å². The van der Waals surface area contributed by atoms with Gasteiger partial charge in [-0.1, -0.05) is 0 Å². The molecule has 4 heterocycles. The van der Waals surface area contributed by atoms with Crippen molar-refractivity contribution in [2.24, 2.45) is 5.92 Å². The van der Waals surface area contributed by atoms with Crippen LogP contribution in [0.1, 0.15) is 58.6 Å². The molecule has 4 aromatic rings. The average molecular weight is 632 g/mol. The quantitative estimate of drug-likeness (QED) is 0.181. The highest BCUT2D eigenvalue weighted by Crippen LogP contribution is 2.32. The van der Waals surface area contributed by atoms with Crippen LogP contribution in [0.5, 0.6) is 0 Å². The van der Waals surface area contributed by atoms with E-state index >= 15 is 0 Å². The summed E-state index contributed by atoms with van der Waals surface area (Å²) in [6.07, 6.45) is 4.96. The lowest BCUT2D eigenvalue weighted by atomic mass is 10.1. The van der Waals surface area contributed by atoms with Crippen molar-refractivity contribution < 1.29 is 19.1 Å². The summed E-state index contributed by atoms with van der Waals surface area (Å²) in [5, 5.41) is 21.5. The Kier molecular flexibility index (Phi) is 8.40. The number of likely N-dealkylation sites (tertiary alicyclic amines) is 1. The number of fused-ring (bicyclic) bond motifs is 1. The molecular formula is C31H37N9O4S. The van der Waals surface area contributed by atoms with Crippen LogP contribution >= 0.6 is 11.8 Å². The zero-order valence-corrected chi connectivity index (χ0v) is 26.5. The van der Waals surface area contributed by atoms with Gasteiger partial charge in [-0.3, -0.25) is 14.7 Å². The molecule has 3 aromatic heterocycles. The molecule has 3 amide bonds. The molecule has 2 aliphatic rings. The van der Waals surface area contributed by atoms with E-state index in [9.17, 15) is 14.4 Å². The molecule has 13 nitrogen and oxygen atoms in total. The number of carbonyl (C=O) groups is 3. The van der Waals surface area contributed by atoms with Crippen LogP contribution in [-0.2, 0) is 14.3 Å². The van der Waals surface area contributed by atoms with Crippen LogP contribution in [0.4, 0.5) is 27.8 Å². The number of nitrogens with one attached hydrogen (secondary N) is 4. The average Bonchev–Trinajstić information content (AvgIpc) is 3.37. The molecule has 1 aliphatic heterocycles. The molecule has 0 bridgehead atoms. The topological polar surface area (TPSA) is 159 Å². The van der Waals surface area contributed by atoms with Gasteiger partial charge in [-0.05, 0) is 95.5 Å². The summed E-state index contributed by atoms with van der Waals surface area (Å²) in [6, 6.07) is 11.0. The summed E-state index contributed by atoms with van der Waals surface area (Å²) in [6.45, 7) is 7.97. The lowest BCUT2D eigenvalue weighted by Crippen LogP contribution is -2.41. The maximum Gasteiger partial charge on any atom is 0.410 e. The van der Waals surface area contributed by atoms with Crippen LogP contribution in [0.15, 0.2) is 52.6 Å². The van der Waals surface area contributed by atoms with Crippen molar-refractivity contribution in [3.8, 4) is 0 Å². The Morgan fingerprint density at radius 2 is 1.84 bits per heavy atom. The summed E-state index contributed by atoms with van der Waals surface area (Å²) in [5.74, 6) is 1.09. The summed E-state index contributed by atoms with van der Waals surface area (Å²) in [5.41, 5.74) is 2.23. The number of aromatic amines is 1. The van der Waals surface area contributed by atoms with Crippen molar-refractivity contribution in [3.05, 3.63) is 48.3 Å². The van der Waals surface area contributed by atoms with Crippen LogP contribution < -0.4 is 16.0 Å². The fourth-order valence-corrected chi connectivity index (χ4v) is 5.87. The molecule has 1 saturated heterocycles. The molecule has 45 heavy (non-hydrogen) atoms. The van der Waals surface area contributed by atoms with Crippen molar-refractivity contribution in [2.45, 2.75) is 81.5 Å². The minimum Gasteiger partial charge on any atom is -0.444 e. The molecule has 2 fully saturated rings. The van der Waals surface area contributed by atoms with Gasteiger partial charge in [0, 0.05) is 47.3 Å². The maximum absolute atomic E-state index is 13.1. The van der Waals surface area contributed by atoms with E-state index in [2.05, 4.69) is 26.1 Å². The van der Waals surface area contributed by atoms with Crippen LogP contribution in [0, 0.1) is 12.8 Å². The maximum atomic E-state index is 13.1. The standard InChI is InChI=1S/C31H37N9O4S/c1-18-14-25(37-36-18)34-27-24-15-21(32-26(41)16-22-6-5-13-39(22)30(43)44-31(2,3)4)17-40(24)38-29(35-27)45-23-11-9-20(10-12-23)33-28(42)19-7-8-19/h9-12,14-15,17,19,22H,5-8,13,16H2,1-4H3,(H,32,41)(H,33,42)(H2,34,35,36,37,38). The number of rotatable bonds is 9. The number of aryl methyl sites for hydroxylation is 1. The first-order valence-electron chi connectivity index (χ1n) is 15.1. The Morgan fingerprint density at radius 3 is 2.53 bits per heavy atom. The van der Waals surface area contributed by atoms with E-state index in [1.807, 2.05) is 58.0 Å². The van der Waals surface area contributed by atoms with Crippen LogP contribution in [-0.4, -0.2) is 65.8 Å². The second-order valence-electron chi connectivity index (χ2n) is 12.5. The number of hydrogen-bond donors (Lipinski definition) is 4. The van der Waals surface area contributed by atoms with Crippen LogP contribution in [0.3, 0.4) is 0 Å². The zero-order valence-electron chi connectivity index (χ0n) is 25.7. The highest BCUT2D eigenvalue weighted by atomic mass is 32.2. The summed E-state index contributed by atoms with van der Waals surface area (Å²) in [4.78, 5) is 45.2. The first-order chi connectivity index (χ1) is 21.5. The van der Waals surface area contributed by atoms with Gasteiger partial charge in [-0.2, -0.15) is 5.10 Å².